The number of fused-ring (bicyclic) bond motifs is 1. The van der Waals surface area contributed by atoms with E-state index in [1.54, 1.807) is 4.90 Å². The van der Waals surface area contributed by atoms with Gasteiger partial charge in [-0.25, -0.2) is 0 Å². The van der Waals surface area contributed by atoms with Crippen LogP contribution in [0.4, 0.5) is 0 Å². The third-order valence-electron chi connectivity index (χ3n) is 8.14. The maximum absolute atomic E-state index is 12.9. The molecule has 5 rings (SSSR count). The molecule has 3 fully saturated rings. The van der Waals surface area contributed by atoms with Gasteiger partial charge in [-0.2, -0.15) is 0 Å². The van der Waals surface area contributed by atoms with Crippen molar-refractivity contribution in [2.75, 3.05) is 26.2 Å². The van der Waals surface area contributed by atoms with Crippen LogP contribution in [0, 0.1) is 11.8 Å². The highest BCUT2D eigenvalue weighted by molar-refractivity contribution is 6.05. The van der Waals surface area contributed by atoms with Gasteiger partial charge in [0.2, 0.25) is 11.8 Å². The molecule has 178 valence electrons. The number of amides is 3. The van der Waals surface area contributed by atoms with Crippen LogP contribution in [0.15, 0.2) is 18.2 Å². The van der Waals surface area contributed by atoms with Crippen LogP contribution in [0.3, 0.4) is 0 Å². The summed E-state index contributed by atoms with van der Waals surface area (Å²) in [6.45, 7) is 6.06. The molecule has 2 N–H and O–H groups in total. The first kappa shape index (κ1) is 22.5. The first-order valence-corrected chi connectivity index (χ1v) is 12.8. The SMILES string of the molecule is O=C1CCC(N2Cc3cc(CN4CCC(CCC5CCNCC5)CC4)ccc3C2=O)C(=O)N1. The monoisotopic (exact) mass is 452 g/mol. The van der Waals surface area contributed by atoms with Gasteiger partial charge in [0.25, 0.3) is 5.91 Å². The molecule has 0 radical (unpaired) electrons. The summed E-state index contributed by atoms with van der Waals surface area (Å²) in [5.74, 6) is 1.10. The third-order valence-corrected chi connectivity index (χ3v) is 8.14. The maximum atomic E-state index is 12.9. The van der Waals surface area contributed by atoms with Gasteiger partial charge in [-0.1, -0.05) is 25.0 Å². The van der Waals surface area contributed by atoms with E-state index in [0.717, 1.165) is 37.0 Å². The van der Waals surface area contributed by atoms with Crippen LogP contribution < -0.4 is 10.6 Å². The topological polar surface area (TPSA) is 81.8 Å². The highest BCUT2D eigenvalue weighted by atomic mass is 16.2. The number of likely N-dealkylation sites (tertiary alicyclic amines) is 1. The molecule has 0 bridgehead atoms. The van der Waals surface area contributed by atoms with Crippen molar-refractivity contribution in [2.45, 2.75) is 70.5 Å². The fraction of sp³-hybridized carbons (Fsp3) is 0.654. The number of nitrogens with zero attached hydrogens (tertiary/aromatic N) is 2. The molecular weight excluding hydrogens is 416 g/mol. The number of benzene rings is 1. The Kier molecular flexibility index (Phi) is 6.79. The Bertz CT molecular complexity index is 903. The molecule has 3 amide bonds. The van der Waals surface area contributed by atoms with Crippen LogP contribution in [0.5, 0.6) is 0 Å². The van der Waals surface area contributed by atoms with Gasteiger partial charge in [-0.15, -0.1) is 0 Å². The molecule has 1 unspecified atom stereocenters. The van der Waals surface area contributed by atoms with Gasteiger partial charge in [-0.05, 0) is 87.3 Å². The van der Waals surface area contributed by atoms with Crippen LogP contribution in [0.25, 0.3) is 0 Å². The number of piperidine rings is 3. The summed E-state index contributed by atoms with van der Waals surface area (Å²) in [6, 6.07) is 5.58. The number of carbonyl (C=O) groups is 3. The molecule has 4 heterocycles. The van der Waals surface area contributed by atoms with Gasteiger partial charge in [0.05, 0.1) is 0 Å². The fourth-order valence-electron chi connectivity index (χ4n) is 6.06. The molecular formula is C26H36N4O3. The zero-order valence-electron chi connectivity index (χ0n) is 19.5. The van der Waals surface area contributed by atoms with Crippen molar-refractivity contribution in [3.63, 3.8) is 0 Å². The fourth-order valence-corrected chi connectivity index (χ4v) is 6.06. The molecule has 1 aromatic carbocycles. The molecule has 1 aromatic rings. The Balaban J connectivity index is 1.12. The van der Waals surface area contributed by atoms with Gasteiger partial charge in [0.1, 0.15) is 6.04 Å². The average molecular weight is 453 g/mol. The van der Waals surface area contributed by atoms with E-state index < -0.39 is 6.04 Å². The molecule has 0 aromatic heterocycles. The highest BCUT2D eigenvalue weighted by Gasteiger charge is 2.39. The molecule has 7 heteroatoms. The summed E-state index contributed by atoms with van der Waals surface area (Å²) in [6.07, 6.45) is 8.75. The largest absolute Gasteiger partial charge is 0.322 e. The van der Waals surface area contributed by atoms with Crippen LogP contribution in [0.2, 0.25) is 0 Å². The van der Waals surface area contributed by atoms with E-state index in [2.05, 4.69) is 27.7 Å². The van der Waals surface area contributed by atoms with Crippen molar-refractivity contribution >= 4 is 17.7 Å². The van der Waals surface area contributed by atoms with Crippen molar-refractivity contribution in [2.24, 2.45) is 11.8 Å². The van der Waals surface area contributed by atoms with E-state index in [1.165, 1.54) is 57.2 Å². The van der Waals surface area contributed by atoms with Crippen molar-refractivity contribution in [3.05, 3.63) is 34.9 Å². The van der Waals surface area contributed by atoms with Gasteiger partial charge in [0.15, 0.2) is 0 Å². The Morgan fingerprint density at radius 2 is 1.64 bits per heavy atom. The van der Waals surface area contributed by atoms with Crippen molar-refractivity contribution < 1.29 is 14.4 Å². The molecule has 0 aliphatic carbocycles. The standard InChI is InChI=1S/C26H36N4O3/c31-24-6-5-23(25(32)28-24)30-17-21-15-20(3-4-22(21)26(30)33)16-29-13-9-19(10-14-29)2-1-18-7-11-27-12-8-18/h3-4,15,18-19,23,27H,1-2,5-14,16-17H2,(H,28,31,32). The number of hydrogen-bond donors (Lipinski definition) is 2. The smallest absolute Gasteiger partial charge is 0.255 e. The quantitative estimate of drug-likeness (QED) is 0.648. The Hall–Kier alpha value is -2.25. The Morgan fingerprint density at radius 3 is 2.36 bits per heavy atom. The minimum Gasteiger partial charge on any atom is -0.322 e. The second kappa shape index (κ2) is 9.94. The van der Waals surface area contributed by atoms with E-state index in [9.17, 15) is 14.4 Å². The van der Waals surface area contributed by atoms with E-state index in [4.69, 9.17) is 0 Å². The minimum atomic E-state index is -0.546. The maximum Gasteiger partial charge on any atom is 0.255 e. The molecule has 3 saturated heterocycles. The molecule has 4 aliphatic rings. The third kappa shape index (κ3) is 5.14. The zero-order valence-corrected chi connectivity index (χ0v) is 19.5. The number of carbonyl (C=O) groups excluding carboxylic acids is 3. The van der Waals surface area contributed by atoms with Crippen LogP contribution in [-0.2, 0) is 22.7 Å². The lowest BCUT2D eigenvalue weighted by Gasteiger charge is -2.33. The van der Waals surface area contributed by atoms with E-state index in [0.29, 0.717) is 18.5 Å². The first-order chi connectivity index (χ1) is 16.1. The van der Waals surface area contributed by atoms with E-state index >= 15 is 0 Å². The Morgan fingerprint density at radius 1 is 0.909 bits per heavy atom. The van der Waals surface area contributed by atoms with E-state index in [1.807, 2.05) is 6.07 Å². The van der Waals surface area contributed by atoms with Gasteiger partial charge >= 0.3 is 0 Å². The minimum absolute atomic E-state index is 0.0967. The van der Waals surface area contributed by atoms with Crippen molar-refractivity contribution in [1.29, 1.82) is 0 Å². The van der Waals surface area contributed by atoms with Crippen molar-refractivity contribution in [3.8, 4) is 0 Å². The second-order valence-electron chi connectivity index (χ2n) is 10.4. The average Bonchev–Trinajstić information content (AvgIpc) is 3.15. The summed E-state index contributed by atoms with van der Waals surface area (Å²) in [4.78, 5) is 40.8. The summed E-state index contributed by atoms with van der Waals surface area (Å²) >= 11 is 0. The first-order valence-electron chi connectivity index (χ1n) is 12.8. The van der Waals surface area contributed by atoms with Crippen LogP contribution >= 0.6 is 0 Å². The second-order valence-corrected chi connectivity index (χ2v) is 10.4. The molecule has 1 atom stereocenters. The lowest BCUT2D eigenvalue weighted by Crippen LogP contribution is -2.52. The normalized spacial score (nSPS) is 25.4. The zero-order chi connectivity index (χ0) is 22.8. The molecule has 4 aliphatic heterocycles. The lowest BCUT2D eigenvalue weighted by atomic mass is 9.85. The summed E-state index contributed by atoms with van der Waals surface area (Å²) in [5.41, 5.74) is 2.93. The summed E-state index contributed by atoms with van der Waals surface area (Å²) < 4.78 is 0. The van der Waals surface area contributed by atoms with Gasteiger partial charge in [-0.3, -0.25) is 24.6 Å². The molecule has 0 spiro atoms. The number of imide groups is 1. The predicted molar refractivity (Wildman–Crippen MR) is 125 cm³/mol. The summed E-state index contributed by atoms with van der Waals surface area (Å²) in [5, 5.41) is 5.83. The van der Waals surface area contributed by atoms with Gasteiger partial charge < -0.3 is 10.2 Å². The van der Waals surface area contributed by atoms with Crippen LogP contribution in [0.1, 0.15) is 72.9 Å². The lowest BCUT2D eigenvalue weighted by molar-refractivity contribution is -0.136. The summed E-state index contributed by atoms with van der Waals surface area (Å²) in [7, 11) is 0. The Labute approximate surface area is 196 Å². The number of nitrogens with one attached hydrogen (secondary N) is 2. The van der Waals surface area contributed by atoms with Gasteiger partial charge in [0, 0.05) is 25.1 Å². The molecule has 0 saturated carbocycles. The highest BCUT2D eigenvalue weighted by Crippen LogP contribution is 2.30. The van der Waals surface area contributed by atoms with Crippen LogP contribution in [-0.4, -0.2) is 59.7 Å². The predicted octanol–water partition coefficient (Wildman–Crippen LogP) is 2.44. The number of hydrogen-bond acceptors (Lipinski definition) is 5. The number of rotatable bonds is 6. The van der Waals surface area contributed by atoms with E-state index in [-0.39, 0.29) is 24.1 Å². The van der Waals surface area contributed by atoms with Crippen molar-refractivity contribution in [1.82, 2.24) is 20.4 Å². The molecule has 7 nitrogen and oxygen atoms in total. The molecule has 33 heavy (non-hydrogen) atoms.